The number of unbranched alkanes of at least 4 members (excludes halogenated alkanes) is 29. The van der Waals surface area contributed by atoms with Gasteiger partial charge in [-0.2, -0.15) is 0 Å². The first-order valence-corrected chi connectivity index (χ1v) is 30.8. The van der Waals surface area contributed by atoms with Crippen molar-refractivity contribution in [3.8, 4) is 34.5 Å². The number of esters is 4. The summed E-state index contributed by atoms with van der Waals surface area (Å²) in [4.78, 5) is 76.3. The second kappa shape index (κ2) is 42.6. The molecule has 12 nitrogen and oxygen atoms in total. The molecule has 4 aromatic rings. The Morgan fingerprint density at radius 2 is 0.550 bits per heavy atom. The van der Waals surface area contributed by atoms with Gasteiger partial charge in [0.15, 0.2) is 11.5 Å². The lowest BCUT2D eigenvalue weighted by Crippen LogP contribution is -2.12. The van der Waals surface area contributed by atoms with Crippen LogP contribution in [0.5, 0.6) is 34.5 Å². The number of benzene rings is 2. The molecule has 0 radical (unpaired) electrons. The predicted octanol–water partition coefficient (Wildman–Crippen LogP) is 17.4. The van der Waals surface area contributed by atoms with E-state index in [0.29, 0.717) is 48.7 Å². The maximum atomic E-state index is 12.9. The van der Waals surface area contributed by atoms with Crippen molar-refractivity contribution >= 4 is 23.9 Å². The van der Waals surface area contributed by atoms with Gasteiger partial charge >= 0.3 is 23.9 Å². The number of rotatable bonds is 45. The minimum Gasteiger partial charge on any atom is -0.494 e. The van der Waals surface area contributed by atoms with E-state index in [-0.39, 0.29) is 35.8 Å². The van der Waals surface area contributed by atoms with Gasteiger partial charge in [0.2, 0.25) is 10.9 Å². The molecular formula is C68H94O12. The fourth-order valence-corrected chi connectivity index (χ4v) is 9.29. The first kappa shape index (κ1) is 66.2. The fraction of sp³-hybridized carbons (Fsp3) is 0.559. The highest BCUT2D eigenvalue weighted by molar-refractivity contribution is 5.91. The minimum atomic E-state index is -0.598. The summed E-state index contributed by atoms with van der Waals surface area (Å²) in [6.45, 7) is 5.76. The maximum absolute atomic E-state index is 12.9. The Kier molecular flexibility index (Phi) is 35.2. The van der Waals surface area contributed by atoms with Crippen LogP contribution >= 0.6 is 0 Å². The minimum absolute atomic E-state index is 0.112. The van der Waals surface area contributed by atoms with Gasteiger partial charge in [-0.3, -0.25) is 19.2 Å². The number of hydrogen-bond donors (Lipinski definition) is 0. The van der Waals surface area contributed by atoms with Gasteiger partial charge in [0.05, 0.1) is 24.3 Å². The van der Waals surface area contributed by atoms with Gasteiger partial charge in [0, 0.05) is 12.8 Å². The van der Waals surface area contributed by atoms with Gasteiger partial charge in [0.1, 0.15) is 23.0 Å². The van der Waals surface area contributed by atoms with E-state index in [4.69, 9.17) is 28.4 Å². The zero-order valence-corrected chi connectivity index (χ0v) is 48.6. The van der Waals surface area contributed by atoms with E-state index in [9.17, 15) is 28.8 Å². The topological polar surface area (TPSA) is 158 Å². The molecule has 0 aliphatic heterocycles. The summed E-state index contributed by atoms with van der Waals surface area (Å²) >= 11 is 0. The second-order valence-electron chi connectivity index (χ2n) is 21.2. The van der Waals surface area contributed by atoms with E-state index >= 15 is 0 Å². The zero-order chi connectivity index (χ0) is 57.1. The molecule has 0 fully saturated rings. The van der Waals surface area contributed by atoms with E-state index in [2.05, 4.69) is 13.8 Å². The first-order chi connectivity index (χ1) is 39.1. The molecule has 0 heterocycles. The van der Waals surface area contributed by atoms with Gasteiger partial charge in [-0.05, 0) is 123 Å². The lowest BCUT2D eigenvalue weighted by molar-refractivity contribution is -0.135. The number of carbonyl (C=O) groups is 4. The molecule has 0 bridgehead atoms. The van der Waals surface area contributed by atoms with E-state index in [1.54, 1.807) is 48.5 Å². The van der Waals surface area contributed by atoms with Crippen LogP contribution in [-0.2, 0) is 9.59 Å². The zero-order valence-electron chi connectivity index (χ0n) is 48.6. The van der Waals surface area contributed by atoms with Crippen molar-refractivity contribution in [2.24, 2.45) is 0 Å². The van der Waals surface area contributed by atoms with Crippen molar-refractivity contribution in [1.82, 2.24) is 0 Å². The first-order valence-electron chi connectivity index (χ1n) is 30.8. The van der Waals surface area contributed by atoms with Gasteiger partial charge < -0.3 is 28.4 Å². The predicted molar refractivity (Wildman–Crippen MR) is 319 cm³/mol. The van der Waals surface area contributed by atoms with Crippen molar-refractivity contribution in [2.45, 2.75) is 232 Å². The Balaban J connectivity index is 1.01. The highest BCUT2D eigenvalue weighted by Gasteiger charge is 2.14. The largest absolute Gasteiger partial charge is 0.494 e. The maximum Gasteiger partial charge on any atom is 0.343 e. The van der Waals surface area contributed by atoms with E-state index in [1.165, 1.54) is 190 Å². The van der Waals surface area contributed by atoms with Crippen LogP contribution in [0.3, 0.4) is 0 Å². The molecular weight excluding hydrogens is 1010 g/mol. The van der Waals surface area contributed by atoms with Gasteiger partial charge in [-0.25, -0.2) is 9.59 Å². The van der Waals surface area contributed by atoms with Crippen LogP contribution in [-0.4, -0.2) is 37.1 Å². The summed E-state index contributed by atoms with van der Waals surface area (Å²) in [5.41, 5.74) is -0.399. The van der Waals surface area contributed by atoms with Crippen molar-refractivity contribution < 1.29 is 47.6 Å². The van der Waals surface area contributed by atoms with Crippen molar-refractivity contribution in [3.05, 3.63) is 129 Å². The lowest BCUT2D eigenvalue weighted by Gasteiger charge is -2.07. The molecule has 0 atom stereocenters. The van der Waals surface area contributed by atoms with Gasteiger partial charge in [0.25, 0.3) is 0 Å². The van der Waals surface area contributed by atoms with Gasteiger partial charge in [-0.15, -0.1) is 0 Å². The van der Waals surface area contributed by atoms with Crippen molar-refractivity contribution in [1.29, 1.82) is 0 Å². The van der Waals surface area contributed by atoms with Crippen LogP contribution in [0.25, 0.3) is 0 Å². The molecule has 4 aromatic carbocycles. The summed E-state index contributed by atoms with van der Waals surface area (Å²) in [6.07, 6.45) is 38.0. The third-order valence-corrected chi connectivity index (χ3v) is 14.2. The highest BCUT2D eigenvalue weighted by Crippen LogP contribution is 2.21. The third-order valence-electron chi connectivity index (χ3n) is 14.2. The SMILES string of the molecule is CCCCCCCCCCCCCCCOc1ccc(C(=O)Oc2ccc(OC(=O)CCCCCCCCC(=O)Oc3ccc(OC(=O)c4ccc(OCCCCCCCCCCCCCCC)cc4)ccc3=O)c(=O)cc2)cc1. The van der Waals surface area contributed by atoms with E-state index in [0.717, 1.165) is 51.4 Å². The molecule has 12 heteroatoms. The molecule has 0 spiro atoms. The van der Waals surface area contributed by atoms with Crippen molar-refractivity contribution in [3.63, 3.8) is 0 Å². The molecule has 0 N–H and O–H groups in total. The summed E-state index contributed by atoms with van der Waals surface area (Å²) in [7, 11) is 0. The lowest BCUT2D eigenvalue weighted by atomic mass is 10.0. The average Bonchev–Trinajstić information content (AvgIpc) is 3.74. The van der Waals surface area contributed by atoms with Crippen LogP contribution in [0.1, 0.15) is 253 Å². The Morgan fingerprint density at radius 1 is 0.287 bits per heavy atom. The van der Waals surface area contributed by atoms with Crippen LogP contribution in [0.2, 0.25) is 0 Å². The molecule has 0 aliphatic rings. The number of ether oxygens (including phenoxy) is 6. The Labute approximate surface area is 478 Å². The van der Waals surface area contributed by atoms with Gasteiger partial charge in [-0.1, -0.05) is 194 Å². The number of hydrogen-bond acceptors (Lipinski definition) is 12. The average molecular weight is 1100 g/mol. The molecule has 438 valence electrons. The second-order valence-corrected chi connectivity index (χ2v) is 21.2. The summed E-state index contributed by atoms with van der Waals surface area (Å²) < 4.78 is 33.5. The fourth-order valence-electron chi connectivity index (χ4n) is 9.29. The molecule has 0 saturated heterocycles. The molecule has 0 unspecified atom stereocenters. The third kappa shape index (κ3) is 30.3. The molecule has 0 saturated carbocycles. The molecule has 4 rings (SSSR count). The summed E-state index contributed by atoms with van der Waals surface area (Å²) in [5.74, 6) is -0.996. The molecule has 0 aliphatic carbocycles. The van der Waals surface area contributed by atoms with Crippen molar-refractivity contribution in [2.75, 3.05) is 13.2 Å². The van der Waals surface area contributed by atoms with Crippen LogP contribution < -0.4 is 39.3 Å². The standard InChI is InChI=1S/C68H94O12/c1-3-5-7-9-11-13-15-17-19-21-25-29-33-53-75-57-41-37-55(38-42-57)67(73)77-59-45-49-61(69)63(51-47-59)79-65(71)35-31-27-23-24-28-32-36-66(72)80-64-52-48-60(46-50-62(64)70)78-68(74)56-39-43-58(44-40-56)76-54-34-30-26-22-20-18-16-14-12-10-8-6-4-2/h37-52H,3-36,53-54H2,1-2H3. The Hall–Kier alpha value is -6.30. The summed E-state index contributed by atoms with van der Waals surface area (Å²) in [6, 6.07) is 24.1. The Morgan fingerprint density at radius 3 is 0.863 bits per heavy atom. The van der Waals surface area contributed by atoms with Crippen LogP contribution in [0.15, 0.2) is 107 Å². The quantitative estimate of drug-likeness (QED) is 0.0305. The van der Waals surface area contributed by atoms with Crippen LogP contribution in [0, 0.1) is 0 Å². The Bertz CT molecular complexity index is 2300. The van der Waals surface area contributed by atoms with E-state index < -0.39 is 34.7 Å². The molecule has 0 aromatic heterocycles. The normalized spacial score (nSPS) is 11.0. The smallest absolute Gasteiger partial charge is 0.343 e. The number of carbonyl (C=O) groups excluding carboxylic acids is 4. The van der Waals surface area contributed by atoms with E-state index in [1.807, 2.05) is 0 Å². The monoisotopic (exact) mass is 1100 g/mol. The molecule has 80 heavy (non-hydrogen) atoms. The molecule has 0 amide bonds. The summed E-state index contributed by atoms with van der Waals surface area (Å²) in [5, 5.41) is 0. The van der Waals surface area contributed by atoms with Crippen LogP contribution in [0.4, 0.5) is 0 Å². The highest BCUT2D eigenvalue weighted by atomic mass is 16.6.